The molecular formula is C15H14BrNO2. The Hall–Kier alpha value is -1.81. The van der Waals surface area contributed by atoms with Crippen LogP contribution < -0.4 is 10.1 Å². The highest BCUT2D eigenvalue weighted by atomic mass is 79.9. The second kappa shape index (κ2) is 6.38. The van der Waals surface area contributed by atoms with E-state index in [2.05, 4.69) is 21.2 Å². The van der Waals surface area contributed by atoms with Gasteiger partial charge in [-0.1, -0.05) is 28.1 Å². The van der Waals surface area contributed by atoms with E-state index in [4.69, 9.17) is 4.74 Å². The zero-order valence-corrected chi connectivity index (χ0v) is 12.1. The number of anilines is 1. The monoisotopic (exact) mass is 319 g/mol. The minimum Gasteiger partial charge on any atom is -0.488 e. The number of aldehydes is 1. The number of halogens is 1. The van der Waals surface area contributed by atoms with E-state index >= 15 is 0 Å². The van der Waals surface area contributed by atoms with Crippen LogP contribution in [0.15, 0.2) is 46.9 Å². The van der Waals surface area contributed by atoms with Gasteiger partial charge in [0, 0.05) is 17.2 Å². The second-order valence-corrected chi connectivity index (χ2v) is 4.95. The number of hydrogen-bond donors (Lipinski definition) is 1. The van der Waals surface area contributed by atoms with Crippen LogP contribution >= 0.6 is 15.9 Å². The number of nitrogens with one attached hydrogen (secondary N) is 1. The second-order valence-electron chi connectivity index (χ2n) is 4.04. The molecule has 1 N–H and O–H groups in total. The Morgan fingerprint density at radius 3 is 2.58 bits per heavy atom. The van der Waals surface area contributed by atoms with Crippen LogP contribution in [0.5, 0.6) is 5.75 Å². The van der Waals surface area contributed by atoms with Crippen LogP contribution in [0.25, 0.3) is 0 Å². The van der Waals surface area contributed by atoms with E-state index in [1.54, 1.807) is 12.1 Å². The summed E-state index contributed by atoms with van der Waals surface area (Å²) in [5.41, 5.74) is 2.66. The maximum Gasteiger partial charge on any atom is 0.153 e. The summed E-state index contributed by atoms with van der Waals surface area (Å²) >= 11 is 3.37. The summed E-state index contributed by atoms with van der Waals surface area (Å²) in [6, 6.07) is 13.3. The standard InChI is InChI=1S/C15H14BrNO2/c1-17-14-6-2-11(3-7-14)10-19-15-8-13(16)5-4-12(15)9-18/h2-9,17H,10H2,1H3. The van der Waals surface area contributed by atoms with E-state index in [-0.39, 0.29) is 0 Å². The van der Waals surface area contributed by atoms with Crippen molar-refractivity contribution in [2.24, 2.45) is 0 Å². The Labute approximate surface area is 120 Å². The van der Waals surface area contributed by atoms with Crippen molar-refractivity contribution >= 4 is 27.9 Å². The number of carbonyl (C=O) groups is 1. The number of carbonyl (C=O) groups excluding carboxylic acids is 1. The fourth-order valence-corrected chi connectivity index (χ4v) is 2.00. The van der Waals surface area contributed by atoms with Gasteiger partial charge in [-0.05, 0) is 35.9 Å². The number of ether oxygens (including phenoxy) is 1. The van der Waals surface area contributed by atoms with Crippen LogP contribution in [-0.4, -0.2) is 13.3 Å². The van der Waals surface area contributed by atoms with Gasteiger partial charge >= 0.3 is 0 Å². The maximum atomic E-state index is 10.9. The Kier molecular flexibility index (Phi) is 4.58. The van der Waals surface area contributed by atoms with Crippen molar-refractivity contribution in [3.63, 3.8) is 0 Å². The highest BCUT2D eigenvalue weighted by Crippen LogP contribution is 2.23. The number of rotatable bonds is 5. The van der Waals surface area contributed by atoms with Gasteiger partial charge in [-0.3, -0.25) is 4.79 Å². The summed E-state index contributed by atoms with van der Waals surface area (Å²) in [5, 5.41) is 3.06. The zero-order valence-electron chi connectivity index (χ0n) is 10.5. The molecule has 0 heterocycles. The molecule has 0 spiro atoms. The predicted octanol–water partition coefficient (Wildman–Crippen LogP) is 3.88. The van der Waals surface area contributed by atoms with Gasteiger partial charge in [-0.15, -0.1) is 0 Å². The fourth-order valence-electron chi connectivity index (χ4n) is 1.66. The van der Waals surface area contributed by atoms with Crippen LogP contribution in [0.2, 0.25) is 0 Å². The summed E-state index contributed by atoms with van der Waals surface area (Å²) < 4.78 is 6.57. The first-order chi connectivity index (χ1) is 9.22. The molecule has 0 atom stereocenters. The summed E-state index contributed by atoms with van der Waals surface area (Å²) in [6.45, 7) is 0.432. The lowest BCUT2D eigenvalue weighted by Gasteiger charge is -2.09. The third kappa shape index (κ3) is 3.58. The van der Waals surface area contributed by atoms with Gasteiger partial charge in [0.15, 0.2) is 6.29 Å². The van der Waals surface area contributed by atoms with Crippen molar-refractivity contribution < 1.29 is 9.53 Å². The van der Waals surface area contributed by atoms with E-state index in [0.29, 0.717) is 17.9 Å². The van der Waals surface area contributed by atoms with E-state index < -0.39 is 0 Å². The van der Waals surface area contributed by atoms with Gasteiger partial charge in [0.25, 0.3) is 0 Å². The maximum absolute atomic E-state index is 10.9. The predicted molar refractivity (Wildman–Crippen MR) is 79.9 cm³/mol. The molecule has 0 aliphatic rings. The normalized spacial score (nSPS) is 10.0. The van der Waals surface area contributed by atoms with Gasteiger partial charge < -0.3 is 10.1 Å². The van der Waals surface area contributed by atoms with Crippen molar-refractivity contribution in [1.29, 1.82) is 0 Å². The molecule has 19 heavy (non-hydrogen) atoms. The van der Waals surface area contributed by atoms with E-state index in [1.807, 2.05) is 37.4 Å². The van der Waals surface area contributed by atoms with Crippen LogP contribution in [-0.2, 0) is 6.61 Å². The van der Waals surface area contributed by atoms with Gasteiger partial charge in [0.2, 0.25) is 0 Å². The van der Waals surface area contributed by atoms with Crippen LogP contribution in [0.1, 0.15) is 15.9 Å². The molecule has 0 fully saturated rings. The molecule has 0 amide bonds. The Morgan fingerprint density at radius 1 is 1.21 bits per heavy atom. The van der Waals surface area contributed by atoms with Crippen molar-refractivity contribution in [3.8, 4) is 5.75 Å². The third-order valence-electron chi connectivity index (χ3n) is 2.74. The summed E-state index contributed by atoms with van der Waals surface area (Å²) in [7, 11) is 1.88. The molecule has 2 aromatic carbocycles. The first-order valence-electron chi connectivity index (χ1n) is 5.87. The first kappa shape index (κ1) is 13.6. The Balaban J connectivity index is 2.09. The molecule has 4 heteroatoms. The molecule has 0 unspecified atom stereocenters. The average Bonchev–Trinajstić information content (AvgIpc) is 2.46. The van der Waals surface area contributed by atoms with E-state index in [1.165, 1.54) is 0 Å². The highest BCUT2D eigenvalue weighted by molar-refractivity contribution is 9.10. The largest absolute Gasteiger partial charge is 0.488 e. The van der Waals surface area contributed by atoms with Gasteiger partial charge in [0.05, 0.1) is 5.56 Å². The van der Waals surface area contributed by atoms with Crippen molar-refractivity contribution in [2.75, 3.05) is 12.4 Å². The van der Waals surface area contributed by atoms with Crippen LogP contribution in [0, 0.1) is 0 Å². The molecule has 0 aromatic heterocycles. The molecule has 0 aliphatic heterocycles. The lowest BCUT2D eigenvalue weighted by atomic mass is 10.2. The zero-order chi connectivity index (χ0) is 13.7. The van der Waals surface area contributed by atoms with Crippen molar-refractivity contribution in [2.45, 2.75) is 6.61 Å². The third-order valence-corrected chi connectivity index (χ3v) is 3.23. The minimum absolute atomic E-state index is 0.432. The molecule has 0 saturated heterocycles. The first-order valence-corrected chi connectivity index (χ1v) is 6.66. The topological polar surface area (TPSA) is 38.3 Å². The quantitative estimate of drug-likeness (QED) is 0.850. The van der Waals surface area contributed by atoms with Gasteiger partial charge in [-0.25, -0.2) is 0 Å². The molecular weight excluding hydrogens is 306 g/mol. The Bertz CT molecular complexity index is 567. The lowest BCUT2D eigenvalue weighted by Crippen LogP contribution is -1.98. The molecule has 2 rings (SSSR count). The minimum atomic E-state index is 0.432. The molecule has 2 aromatic rings. The number of benzene rings is 2. The summed E-state index contributed by atoms with van der Waals surface area (Å²) in [6.07, 6.45) is 0.797. The van der Waals surface area contributed by atoms with Crippen LogP contribution in [0.4, 0.5) is 5.69 Å². The molecule has 3 nitrogen and oxygen atoms in total. The molecule has 0 aliphatic carbocycles. The van der Waals surface area contributed by atoms with E-state index in [9.17, 15) is 4.79 Å². The summed E-state index contributed by atoms with van der Waals surface area (Å²) in [5.74, 6) is 0.585. The van der Waals surface area contributed by atoms with Crippen molar-refractivity contribution in [3.05, 3.63) is 58.1 Å². The number of hydrogen-bond acceptors (Lipinski definition) is 3. The molecule has 98 valence electrons. The van der Waals surface area contributed by atoms with Gasteiger partial charge in [-0.2, -0.15) is 0 Å². The average molecular weight is 320 g/mol. The molecule has 0 radical (unpaired) electrons. The smallest absolute Gasteiger partial charge is 0.153 e. The molecule has 0 saturated carbocycles. The van der Waals surface area contributed by atoms with Crippen molar-refractivity contribution in [1.82, 2.24) is 0 Å². The fraction of sp³-hybridized carbons (Fsp3) is 0.133. The molecule has 0 bridgehead atoms. The van der Waals surface area contributed by atoms with E-state index in [0.717, 1.165) is 22.0 Å². The van der Waals surface area contributed by atoms with Crippen LogP contribution in [0.3, 0.4) is 0 Å². The SMILES string of the molecule is CNc1ccc(COc2cc(Br)ccc2C=O)cc1. The highest BCUT2D eigenvalue weighted by Gasteiger charge is 2.04. The van der Waals surface area contributed by atoms with Gasteiger partial charge in [0.1, 0.15) is 12.4 Å². The lowest BCUT2D eigenvalue weighted by molar-refractivity contribution is 0.111. The summed E-state index contributed by atoms with van der Waals surface area (Å²) in [4.78, 5) is 10.9. The Morgan fingerprint density at radius 2 is 1.95 bits per heavy atom.